The number of para-hydroxylation sites is 1. The molecule has 4 rings (SSSR count). The van der Waals surface area contributed by atoms with E-state index in [9.17, 15) is 9.59 Å². The Morgan fingerprint density at radius 1 is 0.968 bits per heavy atom. The van der Waals surface area contributed by atoms with E-state index >= 15 is 0 Å². The minimum absolute atomic E-state index is 0.349. The topological polar surface area (TPSA) is 86.1 Å². The number of benzene rings is 3. The van der Waals surface area contributed by atoms with Gasteiger partial charge in [-0.1, -0.05) is 35.5 Å². The fourth-order valence-electron chi connectivity index (χ4n) is 3.41. The number of hydrogen-bond acceptors (Lipinski definition) is 5. The maximum absolute atomic E-state index is 12.3. The van der Waals surface area contributed by atoms with Crippen LogP contribution in [0.5, 0.6) is 0 Å². The molecule has 1 heterocycles. The summed E-state index contributed by atoms with van der Waals surface area (Å²) in [5.41, 5.74) is 5.91. The fourth-order valence-corrected chi connectivity index (χ4v) is 3.41. The zero-order valence-corrected chi connectivity index (χ0v) is 17.3. The zero-order valence-electron chi connectivity index (χ0n) is 17.3. The molecule has 4 aromatic rings. The summed E-state index contributed by atoms with van der Waals surface area (Å²) in [5, 5.41) is 11.1. The molecule has 0 aliphatic heterocycles. The quantitative estimate of drug-likeness (QED) is 0.484. The Bertz CT molecular complexity index is 1230. The van der Waals surface area contributed by atoms with Crippen LogP contribution in [0.25, 0.3) is 11.0 Å². The lowest BCUT2D eigenvalue weighted by molar-refractivity contribution is -0.119. The number of rotatable bonds is 6. The lowest BCUT2D eigenvalue weighted by Gasteiger charge is -2.09. The van der Waals surface area contributed by atoms with Crippen LogP contribution in [0, 0.1) is 13.8 Å². The van der Waals surface area contributed by atoms with E-state index in [4.69, 9.17) is 4.74 Å². The number of amides is 1. The molecule has 31 heavy (non-hydrogen) atoms. The summed E-state index contributed by atoms with van der Waals surface area (Å²) < 4.78 is 6.95. The van der Waals surface area contributed by atoms with Gasteiger partial charge in [-0.15, -0.1) is 5.10 Å². The number of hydrogen-bond donors (Lipinski definition) is 1. The second-order valence-electron chi connectivity index (χ2n) is 7.43. The van der Waals surface area contributed by atoms with Gasteiger partial charge < -0.3 is 10.1 Å². The second kappa shape index (κ2) is 8.79. The van der Waals surface area contributed by atoms with Crippen LogP contribution in [0.3, 0.4) is 0 Å². The highest BCUT2D eigenvalue weighted by atomic mass is 16.5. The van der Waals surface area contributed by atoms with Crippen LogP contribution < -0.4 is 5.32 Å². The SMILES string of the molecule is Cc1cc(C)cc(NC(=O)COC(=O)c2ccc(Cn3nnc4ccccc43)cc2)c1. The monoisotopic (exact) mass is 414 g/mol. The number of carbonyl (C=O) groups excluding carboxylic acids is 2. The van der Waals surface area contributed by atoms with Gasteiger partial charge in [-0.3, -0.25) is 4.79 Å². The van der Waals surface area contributed by atoms with E-state index in [-0.39, 0.29) is 12.5 Å². The molecule has 0 spiro atoms. The Kier molecular flexibility index (Phi) is 5.75. The van der Waals surface area contributed by atoms with E-state index in [0.29, 0.717) is 17.8 Å². The van der Waals surface area contributed by atoms with Gasteiger partial charge in [-0.25, -0.2) is 9.48 Å². The summed E-state index contributed by atoms with van der Waals surface area (Å²) in [7, 11) is 0. The van der Waals surface area contributed by atoms with Crippen molar-refractivity contribution in [3.63, 3.8) is 0 Å². The van der Waals surface area contributed by atoms with Crippen molar-refractivity contribution in [2.24, 2.45) is 0 Å². The summed E-state index contributed by atoms with van der Waals surface area (Å²) in [4.78, 5) is 24.4. The Morgan fingerprint density at radius 3 is 2.42 bits per heavy atom. The molecule has 1 aromatic heterocycles. The first kappa shape index (κ1) is 20.3. The standard InChI is InChI=1S/C24H22N4O3/c1-16-11-17(2)13-20(12-16)25-23(29)15-31-24(30)19-9-7-18(8-10-19)14-28-22-6-4-3-5-21(22)26-27-28/h3-13H,14-15H2,1-2H3,(H,25,29). The van der Waals surface area contributed by atoms with Gasteiger partial charge in [0.1, 0.15) is 5.52 Å². The Morgan fingerprint density at radius 2 is 1.68 bits per heavy atom. The van der Waals surface area contributed by atoms with Gasteiger partial charge in [0, 0.05) is 5.69 Å². The van der Waals surface area contributed by atoms with Crippen LogP contribution in [0.15, 0.2) is 66.7 Å². The molecule has 0 atom stereocenters. The molecule has 0 unspecified atom stereocenters. The third-order valence-electron chi connectivity index (χ3n) is 4.78. The highest BCUT2D eigenvalue weighted by Gasteiger charge is 2.11. The minimum Gasteiger partial charge on any atom is -0.452 e. The van der Waals surface area contributed by atoms with Gasteiger partial charge in [0.05, 0.1) is 17.6 Å². The maximum Gasteiger partial charge on any atom is 0.338 e. The number of ether oxygens (including phenoxy) is 1. The third kappa shape index (κ3) is 4.95. The van der Waals surface area contributed by atoms with Crippen LogP contribution in [0.2, 0.25) is 0 Å². The number of aryl methyl sites for hydroxylation is 2. The van der Waals surface area contributed by atoms with Gasteiger partial charge in [0.2, 0.25) is 0 Å². The Labute approximate surface area is 179 Å². The van der Waals surface area contributed by atoms with Crippen molar-refractivity contribution >= 4 is 28.6 Å². The molecule has 7 nitrogen and oxygen atoms in total. The van der Waals surface area contributed by atoms with Crippen molar-refractivity contribution in [2.45, 2.75) is 20.4 Å². The van der Waals surface area contributed by atoms with Crippen molar-refractivity contribution < 1.29 is 14.3 Å². The average Bonchev–Trinajstić information content (AvgIpc) is 3.15. The number of fused-ring (bicyclic) bond motifs is 1. The summed E-state index contributed by atoms with van der Waals surface area (Å²) in [5.74, 6) is -0.929. The Balaban J connectivity index is 1.33. The molecule has 1 N–H and O–H groups in total. The summed E-state index contributed by atoms with van der Waals surface area (Å²) in [6.07, 6.45) is 0. The fraction of sp³-hybridized carbons (Fsp3) is 0.167. The Hall–Kier alpha value is -4.00. The van der Waals surface area contributed by atoms with E-state index in [1.807, 2.05) is 68.4 Å². The number of esters is 1. The van der Waals surface area contributed by atoms with Crippen LogP contribution in [-0.4, -0.2) is 33.5 Å². The molecular formula is C24H22N4O3. The van der Waals surface area contributed by atoms with Gasteiger partial charge >= 0.3 is 5.97 Å². The molecule has 0 saturated carbocycles. The molecule has 0 saturated heterocycles. The second-order valence-corrected chi connectivity index (χ2v) is 7.43. The lowest BCUT2D eigenvalue weighted by atomic mass is 10.1. The predicted molar refractivity (Wildman–Crippen MR) is 118 cm³/mol. The first-order valence-corrected chi connectivity index (χ1v) is 9.90. The van der Waals surface area contributed by atoms with E-state index < -0.39 is 5.97 Å². The smallest absolute Gasteiger partial charge is 0.338 e. The largest absolute Gasteiger partial charge is 0.452 e. The number of anilines is 1. The van der Waals surface area contributed by atoms with E-state index in [0.717, 1.165) is 27.7 Å². The molecule has 1 amide bonds. The number of aromatic nitrogens is 3. The molecule has 7 heteroatoms. The van der Waals surface area contributed by atoms with Crippen molar-refractivity contribution in [3.8, 4) is 0 Å². The zero-order chi connectivity index (χ0) is 21.8. The molecule has 0 bridgehead atoms. The first-order chi connectivity index (χ1) is 15.0. The van der Waals surface area contributed by atoms with E-state index in [1.165, 1.54) is 0 Å². The van der Waals surface area contributed by atoms with E-state index in [2.05, 4.69) is 15.6 Å². The molecule has 0 fully saturated rings. The predicted octanol–water partition coefficient (Wildman–Crippen LogP) is 3.89. The number of nitrogens with zero attached hydrogens (tertiary/aromatic N) is 3. The summed E-state index contributed by atoms with van der Waals surface area (Å²) in [6, 6.07) is 20.5. The van der Waals surface area contributed by atoms with Crippen molar-refractivity contribution in [1.82, 2.24) is 15.0 Å². The molecule has 0 aliphatic rings. The number of nitrogens with one attached hydrogen (secondary N) is 1. The highest BCUT2D eigenvalue weighted by molar-refractivity contribution is 5.95. The molecule has 0 radical (unpaired) electrons. The molecular weight excluding hydrogens is 392 g/mol. The molecule has 0 aliphatic carbocycles. The van der Waals surface area contributed by atoms with Crippen LogP contribution >= 0.6 is 0 Å². The third-order valence-corrected chi connectivity index (χ3v) is 4.78. The van der Waals surface area contributed by atoms with Gasteiger partial charge in [-0.05, 0) is 66.9 Å². The number of carbonyl (C=O) groups is 2. The van der Waals surface area contributed by atoms with E-state index in [1.54, 1.807) is 16.8 Å². The van der Waals surface area contributed by atoms with Gasteiger partial charge in [0.25, 0.3) is 5.91 Å². The summed E-state index contributed by atoms with van der Waals surface area (Å²) >= 11 is 0. The summed E-state index contributed by atoms with van der Waals surface area (Å²) in [6.45, 7) is 4.10. The lowest BCUT2D eigenvalue weighted by Crippen LogP contribution is -2.21. The van der Waals surface area contributed by atoms with Crippen LogP contribution in [-0.2, 0) is 16.1 Å². The normalized spacial score (nSPS) is 10.8. The van der Waals surface area contributed by atoms with Crippen molar-refractivity contribution in [2.75, 3.05) is 11.9 Å². The average molecular weight is 414 g/mol. The highest BCUT2D eigenvalue weighted by Crippen LogP contribution is 2.15. The minimum atomic E-state index is -0.548. The first-order valence-electron chi connectivity index (χ1n) is 9.90. The van der Waals surface area contributed by atoms with Crippen LogP contribution in [0.4, 0.5) is 5.69 Å². The molecule has 156 valence electrons. The van der Waals surface area contributed by atoms with Crippen LogP contribution in [0.1, 0.15) is 27.0 Å². The van der Waals surface area contributed by atoms with Crippen molar-refractivity contribution in [1.29, 1.82) is 0 Å². The van der Waals surface area contributed by atoms with Gasteiger partial charge in [-0.2, -0.15) is 0 Å². The van der Waals surface area contributed by atoms with Gasteiger partial charge in [0.15, 0.2) is 6.61 Å². The van der Waals surface area contributed by atoms with Crippen molar-refractivity contribution in [3.05, 3.63) is 89.0 Å². The maximum atomic E-state index is 12.3. The molecule has 3 aromatic carbocycles.